The molecule has 0 aromatic rings. The zero-order valence-corrected chi connectivity index (χ0v) is 9.10. The third kappa shape index (κ3) is 3.24. The fourth-order valence-corrected chi connectivity index (χ4v) is 1.58. The first kappa shape index (κ1) is 12.5. The van der Waals surface area contributed by atoms with E-state index < -0.39 is 18.2 Å². The van der Waals surface area contributed by atoms with Gasteiger partial charge in [0.05, 0.1) is 0 Å². The Hall–Kier alpha value is -1.54. The minimum absolute atomic E-state index is 0.120. The molecule has 0 bridgehead atoms. The fourth-order valence-electron chi connectivity index (χ4n) is 1.58. The molecule has 0 spiro atoms. The monoisotopic (exact) mass is 225 g/mol. The second kappa shape index (κ2) is 5.52. The maximum absolute atomic E-state index is 11.6. The molecule has 2 N–H and O–H groups in total. The molecule has 16 heavy (non-hydrogen) atoms. The number of carbonyl (C=O) groups is 2. The Kier molecular flexibility index (Phi) is 4.32. The van der Waals surface area contributed by atoms with E-state index in [-0.39, 0.29) is 11.9 Å². The van der Waals surface area contributed by atoms with Crippen LogP contribution in [0.1, 0.15) is 26.2 Å². The summed E-state index contributed by atoms with van der Waals surface area (Å²) < 4.78 is 5.10. The average molecular weight is 225 g/mol. The predicted molar refractivity (Wildman–Crippen MR) is 56.6 cm³/mol. The number of carboxylic acid groups (broad SMARTS) is 1. The second-order valence-electron chi connectivity index (χ2n) is 3.85. The van der Waals surface area contributed by atoms with E-state index in [1.165, 1.54) is 0 Å². The summed E-state index contributed by atoms with van der Waals surface area (Å²) in [5, 5.41) is 11.4. The molecule has 88 valence electrons. The van der Waals surface area contributed by atoms with Gasteiger partial charge in [-0.2, -0.15) is 0 Å². The lowest BCUT2D eigenvalue weighted by Crippen LogP contribution is -2.40. The van der Waals surface area contributed by atoms with Gasteiger partial charge in [0, 0.05) is 12.5 Å². The highest BCUT2D eigenvalue weighted by molar-refractivity contribution is 5.82. The summed E-state index contributed by atoms with van der Waals surface area (Å²) in [5.74, 6) is 1.13. The van der Waals surface area contributed by atoms with Crippen LogP contribution >= 0.6 is 0 Å². The topological polar surface area (TPSA) is 75.6 Å². The summed E-state index contributed by atoms with van der Waals surface area (Å²) in [6.07, 6.45) is 4.84. The minimum Gasteiger partial charge on any atom is -0.479 e. The molecule has 1 amide bonds. The summed E-state index contributed by atoms with van der Waals surface area (Å²) in [5.41, 5.74) is 0. The maximum atomic E-state index is 11.6. The minimum atomic E-state index is -1.02. The van der Waals surface area contributed by atoms with E-state index in [2.05, 4.69) is 11.2 Å². The van der Waals surface area contributed by atoms with Crippen molar-refractivity contribution in [1.82, 2.24) is 5.32 Å². The van der Waals surface area contributed by atoms with Crippen LogP contribution in [0.15, 0.2) is 0 Å². The van der Waals surface area contributed by atoms with Crippen LogP contribution in [0.25, 0.3) is 0 Å². The van der Waals surface area contributed by atoms with E-state index in [4.69, 9.17) is 16.3 Å². The molecule has 0 aliphatic carbocycles. The third-order valence-electron chi connectivity index (χ3n) is 2.40. The molecule has 1 aliphatic rings. The first-order valence-electron chi connectivity index (χ1n) is 5.16. The van der Waals surface area contributed by atoms with Crippen molar-refractivity contribution in [3.63, 3.8) is 0 Å². The van der Waals surface area contributed by atoms with Gasteiger partial charge in [-0.15, -0.1) is 12.3 Å². The number of hydrogen-bond donors (Lipinski definition) is 2. The summed E-state index contributed by atoms with van der Waals surface area (Å²) in [4.78, 5) is 22.2. The summed E-state index contributed by atoms with van der Waals surface area (Å²) in [7, 11) is 0. The Morgan fingerprint density at radius 1 is 1.56 bits per heavy atom. The van der Waals surface area contributed by atoms with Crippen molar-refractivity contribution in [2.24, 2.45) is 0 Å². The van der Waals surface area contributed by atoms with Crippen molar-refractivity contribution in [2.75, 3.05) is 0 Å². The lowest BCUT2D eigenvalue weighted by molar-refractivity contribution is -0.151. The van der Waals surface area contributed by atoms with Crippen molar-refractivity contribution in [3.05, 3.63) is 0 Å². The first-order valence-corrected chi connectivity index (χ1v) is 5.16. The van der Waals surface area contributed by atoms with E-state index in [1.807, 2.05) is 0 Å². The molecule has 1 unspecified atom stereocenters. The average Bonchev–Trinajstić information content (AvgIpc) is 2.66. The van der Waals surface area contributed by atoms with Gasteiger partial charge in [-0.25, -0.2) is 4.79 Å². The molecule has 0 aromatic heterocycles. The summed E-state index contributed by atoms with van der Waals surface area (Å²) >= 11 is 0. The Labute approximate surface area is 94.2 Å². The van der Waals surface area contributed by atoms with Crippen LogP contribution in [0.2, 0.25) is 0 Å². The Balaban J connectivity index is 2.40. The quantitative estimate of drug-likeness (QED) is 0.668. The number of terminal acetylenes is 1. The van der Waals surface area contributed by atoms with Crippen LogP contribution in [0, 0.1) is 12.3 Å². The highest BCUT2D eigenvalue weighted by atomic mass is 16.5. The number of nitrogens with one attached hydrogen (secondary N) is 1. The van der Waals surface area contributed by atoms with Crippen LogP contribution < -0.4 is 5.32 Å². The number of carbonyl (C=O) groups excluding carboxylic acids is 1. The fraction of sp³-hybridized carbons (Fsp3) is 0.636. The van der Waals surface area contributed by atoms with E-state index in [9.17, 15) is 9.59 Å². The van der Waals surface area contributed by atoms with E-state index in [0.29, 0.717) is 19.3 Å². The standard InChI is InChI=1S/C11H15NO4/c1-3-4-7(2)12-10(13)8-5-6-9(16-8)11(14)15/h1,7-9H,4-6H2,2H3,(H,12,13)(H,14,15)/t7?,8-,9+/m0/s1. The lowest BCUT2D eigenvalue weighted by atomic mass is 10.1. The smallest absolute Gasteiger partial charge is 0.332 e. The number of amides is 1. The van der Waals surface area contributed by atoms with Gasteiger partial charge in [0.2, 0.25) is 5.91 Å². The van der Waals surface area contributed by atoms with Crippen LogP contribution in [0.5, 0.6) is 0 Å². The second-order valence-corrected chi connectivity index (χ2v) is 3.85. The molecule has 1 aliphatic heterocycles. The Morgan fingerprint density at radius 2 is 2.19 bits per heavy atom. The van der Waals surface area contributed by atoms with Crippen LogP contribution in [-0.2, 0) is 14.3 Å². The number of rotatable bonds is 4. The maximum Gasteiger partial charge on any atom is 0.332 e. The third-order valence-corrected chi connectivity index (χ3v) is 2.40. The molecule has 1 rings (SSSR count). The number of aliphatic carboxylic acids is 1. The largest absolute Gasteiger partial charge is 0.479 e. The van der Waals surface area contributed by atoms with Crippen molar-refractivity contribution in [3.8, 4) is 12.3 Å². The van der Waals surface area contributed by atoms with E-state index in [0.717, 1.165) is 0 Å². The number of ether oxygens (including phenoxy) is 1. The molecule has 0 radical (unpaired) electrons. The van der Waals surface area contributed by atoms with E-state index >= 15 is 0 Å². The highest BCUT2D eigenvalue weighted by Gasteiger charge is 2.34. The van der Waals surface area contributed by atoms with Gasteiger partial charge in [0.1, 0.15) is 6.10 Å². The SMILES string of the molecule is C#CCC(C)NC(=O)[C@@H]1CC[C@H](C(=O)O)O1. The lowest BCUT2D eigenvalue weighted by Gasteiger charge is -2.15. The normalized spacial score (nSPS) is 25.8. The first-order chi connectivity index (χ1) is 7.54. The van der Waals surface area contributed by atoms with Gasteiger partial charge in [-0.05, 0) is 19.8 Å². The molecular formula is C11H15NO4. The van der Waals surface area contributed by atoms with Gasteiger partial charge in [0.15, 0.2) is 6.10 Å². The molecule has 1 saturated heterocycles. The van der Waals surface area contributed by atoms with Crippen LogP contribution in [-0.4, -0.2) is 35.2 Å². The van der Waals surface area contributed by atoms with Gasteiger partial charge in [-0.3, -0.25) is 4.79 Å². The summed E-state index contributed by atoms with van der Waals surface area (Å²) in [6, 6.07) is -0.120. The van der Waals surface area contributed by atoms with Crippen LogP contribution in [0.4, 0.5) is 0 Å². The van der Waals surface area contributed by atoms with Crippen molar-refractivity contribution in [1.29, 1.82) is 0 Å². The zero-order valence-electron chi connectivity index (χ0n) is 9.10. The summed E-state index contributed by atoms with van der Waals surface area (Å²) in [6.45, 7) is 1.79. The van der Waals surface area contributed by atoms with Gasteiger partial charge >= 0.3 is 5.97 Å². The molecule has 5 nitrogen and oxygen atoms in total. The van der Waals surface area contributed by atoms with E-state index in [1.54, 1.807) is 6.92 Å². The molecule has 1 fully saturated rings. The van der Waals surface area contributed by atoms with Gasteiger partial charge in [-0.1, -0.05) is 0 Å². The molecule has 3 atom stereocenters. The predicted octanol–water partition coefficient (Wildman–Crippen LogP) is 0.147. The molecule has 0 saturated carbocycles. The molecule has 5 heteroatoms. The molecule has 0 aromatic carbocycles. The zero-order chi connectivity index (χ0) is 12.1. The number of hydrogen-bond acceptors (Lipinski definition) is 3. The highest BCUT2D eigenvalue weighted by Crippen LogP contribution is 2.20. The van der Waals surface area contributed by atoms with Crippen molar-refractivity contribution in [2.45, 2.75) is 44.4 Å². The van der Waals surface area contributed by atoms with Crippen molar-refractivity contribution < 1.29 is 19.4 Å². The van der Waals surface area contributed by atoms with Gasteiger partial charge < -0.3 is 15.2 Å². The molecule has 1 heterocycles. The Bertz CT molecular complexity index is 320. The Morgan fingerprint density at radius 3 is 2.69 bits per heavy atom. The molecular weight excluding hydrogens is 210 g/mol. The van der Waals surface area contributed by atoms with Gasteiger partial charge in [0.25, 0.3) is 0 Å². The van der Waals surface area contributed by atoms with Crippen LogP contribution in [0.3, 0.4) is 0 Å². The number of carboxylic acids is 1. The van der Waals surface area contributed by atoms with Crippen molar-refractivity contribution >= 4 is 11.9 Å².